The van der Waals surface area contributed by atoms with Gasteiger partial charge in [-0.15, -0.1) is 6.42 Å². The lowest BCUT2D eigenvalue weighted by atomic mass is 10.2. The van der Waals surface area contributed by atoms with Crippen molar-refractivity contribution in [3.8, 4) is 12.3 Å². The van der Waals surface area contributed by atoms with Crippen LogP contribution in [0.15, 0.2) is 47.4 Å². The number of rotatable bonds is 5. The number of urea groups is 1. The number of anilines is 2. The zero-order valence-corrected chi connectivity index (χ0v) is 15.6. The summed E-state index contributed by atoms with van der Waals surface area (Å²) in [5.74, 6) is 2.25. The van der Waals surface area contributed by atoms with Crippen LogP contribution in [-0.4, -0.2) is 20.2 Å². The fourth-order valence-corrected chi connectivity index (χ4v) is 3.74. The van der Waals surface area contributed by atoms with Gasteiger partial charge in [0.1, 0.15) is 0 Å². The predicted molar refractivity (Wildman–Crippen MR) is 101 cm³/mol. The summed E-state index contributed by atoms with van der Waals surface area (Å²) < 4.78 is 62.7. The third-order valence-corrected chi connectivity index (χ3v) is 5.59. The number of hydrogen-bond donors (Lipinski definition) is 2. The number of halogens is 3. The largest absolute Gasteiger partial charge is 0.416 e. The predicted octanol–water partition coefficient (Wildman–Crippen LogP) is 4.51. The summed E-state index contributed by atoms with van der Waals surface area (Å²) in [6.07, 6.45) is 1.23. The molecule has 0 fully saturated rings. The summed E-state index contributed by atoms with van der Waals surface area (Å²) in [7, 11) is -3.54. The molecule has 2 rings (SSSR count). The van der Waals surface area contributed by atoms with Crippen LogP contribution in [0.25, 0.3) is 0 Å². The molecule has 2 aromatic rings. The zero-order chi connectivity index (χ0) is 20.9. The highest BCUT2D eigenvalue weighted by Crippen LogP contribution is 2.30. The topological polar surface area (TPSA) is 75.3 Å². The SMILES string of the molecule is C#Cc1ccc(S(=O)(=O)CCC)cc1NC(=O)Nc1cccc(C(F)(F)F)c1. The standard InChI is InChI=1S/C19H17F3N2O3S/c1-3-10-28(26,27)16-9-8-13(4-2)17(12-16)24-18(25)23-15-7-5-6-14(11-15)19(20,21)22/h2,5-9,11-12H,3,10H2,1H3,(H2,23,24,25). The fourth-order valence-electron chi connectivity index (χ4n) is 2.39. The number of alkyl halides is 3. The van der Waals surface area contributed by atoms with Crippen LogP contribution in [0.1, 0.15) is 24.5 Å². The highest BCUT2D eigenvalue weighted by atomic mass is 32.2. The van der Waals surface area contributed by atoms with Gasteiger partial charge in [-0.25, -0.2) is 13.2 Å². The molecule has 0 saturated carbocycles. The Morgan fingerprint density at radius 3 is 2.46 bits per heavy atom. The minimum atomic E-state index is -4.55. The van der Waals surface area contributed by atoms with E-state index in [1.165, 1.54) is 24.3 Å². The van der Waals surface area contributed by atoms with Crippen LogP contribution in [-0.2, 0) is 16.0 Å². The Morgan fingerprint density at radius 1 is 1.14 bits per heavy atom. The van der Waals surface area contributed by atoms with Crippen molar-refractivity contribution in [2.24, 2.45) is 0 Å². The third kappa shape index (κ3) is 5.27. The molecule has 0 unspecified atom stereocenters. The summed E-state index contributed by atoms with van der Waals surface area (Å²) in [5, 5.41) is 4.65. The lowest BCUT2D eigenvalue weighted by molar-refractivity contribution is -0.137. The molecule has 0 radical (unpaired) electrons. The van der Waals surface area contributed by atoms with E-state index in [1.54, 1.807) is 6.92 Å². The quantitative estimate of drug-likeness (QED) is 0.712. The van der Waals surface area contributed by atoms with Crippen LogP contribution in [0.2, 0.25) is 0 Å². The molecule has 0 aliphatic carbocycles. The Kier molecular flexibility index (Phi) is 6.36. The van der Waals surface area contributed by atoms with Gasteiger partial charge in [0.05, 0.1) is 21.9 Å². The van der Waals surface area contributed by atoms with Crippen molar-refractivity contribution in [3.63, 3.8) is 0 Å². The van der Waals surface area contributed by atoms with Crippen molar-refractivity contribution in [1.82, 2.24) is 0 Å². The number of amides is 2. The average molecular weight is 410 g/mol. The molecular formula is C19H17F3N2O3S. The van der Waals surface area contributed by atoms with Gasteiger partial charge in [-0.1, -0.05) is 18.9 Å². The molecule has 0 bridgehead atoms. The van der Waals surface area contributed by atoms with E-state index >= 15 is 0 Å². The van der Waals surface area contributed by atoms with Crippen molar-refractivity contribution in [1.29, 1.82) is 0 Å². The molecule has 5 nitrogen and oxygen atoms in total. The number of nitrogens with one attached hydrogen (secondary N) is 2. The summed E-state index contributed by atoms with van der Waals surface area (Å²) in [6, 6.07) is 7.19. The molecule has 2 amide bonds. The van der Waals surface area contributed by atoms with E-state index in [0.717, 1.165) is 18.2 Å². The van der Waals surface area contributed by atoms with E-state index in [-0.39, 0.29) is 27.6 Å². The lowest BCUT2D eigenvalue weighted by Crippen LogP contribution is -2.21. The van der Waals surface area contributed by atoms with Crippen molar-refractivity contribution < 1.29 is 26.4 Å². The van der Waals surface area contributed by atoms with Crippen molar-refractivity contribution in [3.05, 3.63) is 53.6 Å². The van der Waals surface area contributed by atoms with E-state index in [1.807, 2.05) is 0 Å². The summed E-state index contributed by atoms with van der Waals surface area (Å²) in [4.78, 5) is 12.2. The van der Waals surface area contributed by atoms with Crippen LogP contribution >= 0.6 is 0 Å². The van der Waals surface area contributed by atoms with Gasteiger partial charge in [-0.3, -0.25) is 0 Å². The van der Waals surface area contributed by atoms with E-state index in [4.69, 9.17) is 6.42 Å². The van der Waals surface area contributed by atoms with Gasteiger partial charge >= 0.3 is 12.2 Å². The second-order valence-electron chi connectivity index (χ2n) is 5.83. The van der Waals surface area contributed by atoms with Gasteiger partial charge in [0.25, 0.3) is 0 Å². The molecule has 9 heteroatoms. The minimum Gasteiger partial charge on any atom is -0.308 e. The molecule has 28 heavy (non-hydrogen) atoms. The molecule has 2 N–H and O–H groups in total. The summed E-state index contributed by atoms with van der Waals surface area (Å²) in [5.41, 5.74) is -0.703. The van der Waals surface area contributed by atoms with Crippen molar-refractivity contribution >= 4 is 27.2 Å². The van der Waals surface area contributed by atoms with Crippen LogP contribution in [0.3, 0.4) is 0 Å². The first-order chi connectivity index (χ1) is 13.1. The van der Waals surface area contributed by atoms with Crippen LogP contribution in [0, 0.1) is 12.3 Å². The van der Waals surface area contributed by atoms with E-state index in [2.05, 4.69) is 16.6 Å². The number of carbonyl (C=O) groups excluding carboxylic acids is 1. The molecule has 0 heterocycles. The number of carbonyl (C=O) groups is 1. The highest BCUT2D eigenvalue weighted by Gasteiger charge is 2.30. The Bertz CT molecular complexity index is 1030. The van der Waals surface area contributed by atoms with Crippen molar-refractivity contribution in [2.45, 2.75) is 24.4 Å². The zero-order valence-electron chi connectivity index (χ0n) is 14.8. The first kappa shape index (κ1) is 21.3. The van der Waals surface area contributed by atoms with Gasteiger partial charge in [0, 0.05) is 11.3 Å². The number of hydrogen-bond acceptors (Lipinski definition) is 3. The van der Waals surface area contributed by atoms with Crippen LogP contribution in [0.4, 0.5) is 29.3 Å². The number of sulfone groups is 1. The average Bonchev–Trinajstić information content (AvgIpc) is 2.61. The number of benzene rings is 2. The fraction of sp³-hybridized carbons (Fsp3) is 0.211. The molecule has 148 valence electrons. The Balaban J connectivity index is 2.25. The molecule has 0 aliphatic heterocycles. The third-order valence-electron chi connectivity index (χ3n) is 3.67. The summed E-state index contributed by atoms with van der Waals surface area (Å²) >= 11 is 0. The molecule has 0 aliphatic rings. The maximum absolute atomic E-state index is 12.8. The minimum absolute atomic E-state index is 0.0114. The van der Waals surface area contributed by atoms with Crippen LogP contribution < -0.4 is 10.6 Å². The molecule has 0 atom stereocenters. The molecule has 0 saturated heterocycles. The van der Waals surface area contributed by atoms with Gasteiger partial charge in [0.2, 0.25) is 0 Å². The summed E-state index contributed by atoms with van der Waals surface area (Å²) in [6.45, 7) is 1.72. The van der Waals surface area contributed by atoms with E-state index < -0.39 is 27.6 Å². The second-order valence-corrected chi connectivity index (χ2v) is 7.94. The maximum Gasteiger partial charge on any atom is 0.416 e. The number of terminal acetylenes is 1. The van der Waals surface area contributed by atoms with Gasteiger partial charge in [-0.05, 0) is 42.8 Å². The molecular weight excluding hydrogens is 393 g/mol. The van der Waals surface area contributed by atoms with Gasteiger partial charge < -0.3 is 10.6 Å². The normalized spacial score (nSPS) is 11.5. The lowest BCUT2D eigenvalue weighted by Gasteiger charge is -2.13. The monoisotopic (exact) mass is 410 g/mol. The second kappa shape index (κ2) is 8.35. The first-order valence-corrected chi connectivity index (χ1v) is 9.80. The van der Waals surface area contributed by atoms with E-state index in [9.17, 15) is 26.4 Å². The Labute approximate surface area is 160 Å². The smallest absolute Gasteiger partial charge is 0.308 e. The molecule has 0 spiro atoms. The van der Waals surface area contributed by atoms with Gasteiger partial charge in [0.15, 0.2) is 9.84 Å². The highest BCUT2D eigenvalue weighted by molar-refractivity contribution is 7.91. The van der Waals surface area contributed by atoms with Crippen LogP contribution in [0.5, 0.6) is 0 Å². The van der Waals surface area contributed by atoms with Crippen molar-refractivity contribution in [2.75, 3.05) is 16.4 Å². The molecule has 2 aromatic carbocycles. The maximum atomic E-state index is 12.8. The first-order valence-electron chi connectivity index (χ1n) is 8.15. The molecule has 0 aromatic heterocycles. The Morgan fingerprint density at radius 2 is 1.86 bits per heavy atom. The Hall–Kier alpha value is -2.99. The van der Waals surface area contributed by atoms with Gasteiger partial charge in [-0.2, -0.15) is 13.2 Å². The van der Waals surface area contributed by atoms with E-state index in [0.29, 0.717) is 6.42 Å².